The Bertz CT molecular complexity index is 1120. The number of allylic oxidation sites excluding steroid dienone is 3. The summed E-state index contributed by atoms with van der Waals surface area (Å²) >= 11 is 4.17. The quantitative estimate of drug-likeness (QED) is 0.290. The molecule has 174 valence electrons. The zero-order chi connectivity index (χ0) is 24.0. The number of nitrogen functional groups attached to an aromatic ring is 1. The molecular weight excluding hydrogens is 436 g/mol. The number of dihydropyridines is 1. The predicted molar refractivity (Wildman–Crippen MR) is 133 cm³/mol. The van der Waals surface area contributed by atoms with Gasteiger partial charge in [0.25, 0.3) is 0 Å². The zero-order valence-corrected chi connectivity index (χ0v) is 20.1. The minimum absolute atomic E-state index is 0.0707. The van der Waals surface area contributed by atoms with Crippen molar-refractivity contribution in [3.05, 3.63) is 81.7 Å². The molecule has 0 amide bonds. The van der Waals surface area contributed by atoms with Crippen LogP contribution in [-0.2, 0) is 27.4 Å². The molecule has 0 fully saturated rings. The first kappa shape index (κ1) is 24.5. The van der Waals surface area contributed by atoms with Gasteiger partial charge in [-0.05, 0) is 55.5 Å². The first-order valence-electron chi connectivity index (χ1n) is 10.8. The molecule has 0 bridgehead atoms. The number of nitrogens with two attached hydrogens (primary N) is 1. The molecule has 0 aliphatic carbocycles. The maximum Gasteiger partial charge on any atom is 0.336 e. The summed E-state index contributed by atoms with van der Waals surface area (Å²) in [5.74, 6) is 0.335. The van der Waals surface area contributed by atoms with Crippen LogP contribution in [0.1, 0.15) is 36.5 Å². The summed E-state index contributed by atoms with van der Waals surface area (Å²) in [4.78, 5) is 25.5. The van der Waals surface area contributed by atoms with E-state index in [-0.39, 0.29) is 24.6 Å². The minimum atomic E-state index is -0.442. The molecule has 3 rings (SSSR count). The van der Waals surface area contributed by atoms with Crippen LogP contribution in [0.5, 0.6) is 5.75 Å². The summed E-state index contributed by atoms with van der Waals surface area (Å²) in [5, 5.41) is 3.28. The number of anilines is 1. The number of hydrogen-bond donors (Lipinski definition) is 3. The van der Waals surface area contributed by atoms with Gasteiger partial charge in [0.15, 0.2) is 5.78 Å². The molecule has 0 atom stereocenters. The largest absolute Gasteiger partial charge is 0.496 e. The van der Waals surface area contributed by atoms with Crippen molar-refractivity contribution in [1.29, 1.82) is 0 Å². The van der Waals surface area contributed by atoms with E-state index in [1.165, 1.54) is 0 Å². The van der Waals surface area contributed by atoms with Gasteiger partial charge in [-0.2, -0.15) is 12.6 Å². The van der Waals surface area contributed by atoms with Crippen LogP contribution in [0.3, 0.4) is 0 Å². The Morgan fingerprint density at radius 2 is 1.85 bits per heavy atom. The number of nitrogens with one attached hydrogen (secondary N) is 1. The highest BCUT2D eigenvalue weighted by Crippen LogP contribution is 2.29. The number of Topliss-reactive ketones (excluding diaryl/α,β-unsaturated/α-hetero) is 1. The smallest absolute Gasteiger partial charge is 0.336 e. The number of aryl methyl sites for hydroxylation is 2. The topological polar surface area (TPSA) is 90.7 Å². The van der Waals surface area contributed by atoms with Gasteiger partial charge in [0.1, 0.15) is 12.4 Å². The van der Waals surface area contributed by atoms with E-state index in [4.69, 9.17) is 15.2 Å². The molecule has 1 heterocycles. The van der Waals surface area contributed by atoms with Gasteiger partial charge < -0.3 is 20.5 Å². The van der Waals surface area contributed by atoms with E-state index in [0.717, 1.165) is 28.1 Å². The summed E-state index contributed by atoms with van der Waals surface area (Å²) in [6, 6.07) is 13.3. The molecule has 0 saturated carbocycles. The number of para-hydroxylation sites is 1. The van der Waals surface area contributed by atoms with Crippen molar-refractivity contribution >= 4 is 30.1 Å². The van der Waals surface area contributed by atoms with Crippen LogP contribution in [0.25, 0.3) is 0 Å². The normalized spacial score (nSPS) is 13.6. The second-order valence-corrected chi connectivity index (χ2v) is 8.34. The molecule has 0 radical (unpaired) electrons. The molecule has 1 aliphatic heterocycles. The molecule has 2 aromatic carbocycles. The fourth-order valence-electron chi connectivity index (χ4n) is 3.83. The van der Waals surface area contributed by atoms with Crippen LogP contribution >= 0.6 is 12.6 Å². The summed E-state index contributed by atoms with van der Waals surface area (Å²) in [5.41, 5.74) is 11.9. The summed E-state index contributed by atoms with van der Waals surface area (Å²) in [6.45, 7) is 3.87. The number of methoxy groups -OCH3 is 1. The third kappa shape index (κ3) is 5.99. The van der Waals surface area contributed by atoms with E-state index in [1.54, 1.807) is 13.2 Å². The number of ether oxygens (including phenoxy) is 2. The zero-order valence-electron chi connectivity index (χ0n) is 19.2. The molecule has 7 heteroatoms. The molecule has 1 aliphatic rings. The number of ketones is 1. The number of benzene rings is 2. The van der Waals surface area contributed by atoms with Crippen molar-refractivity contribution in [3.63, 3.8) is 0 Å². The molecule has 3 N–H and O–H groups in total. The van der Waals surface area contributed by atoms with Crippen molar-refractivity contribution in [1.82, 2.24) is 5.32 Å². The van der Waals surface area contributed by atoms with Crippen LogP contribution in [-0.4, -0.2) is 24.6 Å². The van der Waals surface area contributed by atoms with Crippen LogP contribution in [0.2, 0.25) is 0 Å². The lowest BCUT2D eigenvalue weighted by molar-refractivity contribution is -0.140. The predicted octanol–water partition coefficient (Wildman–Crippen LogP) is 4.28. The van der Waals surface area contributed by atoms with E-state index in [9.17, 15) is 9.59 Å². The van der Waals surface area contributed by atoms with Crippen molar-refractivity contribution < 1.29 is 19.1 Å². The van der Waals surface area contributed by atoms with Gasteiger partial charge >= 0.3 is 5.97 Å². The number of thiol groups is 1. The second kappa shape index (κ2) is 11.1. The van der Waals surface area contributed by atoms with Gasteiger partial charge in [0, 0.05) is 29.1 Å². The Balaban J connectivity index is 1.73. The minimum Gasteiger partial charge on any atom is -0.496 e. The Hall–Kier alpha value is -3.19. The third-order valence-electron chi connectivity index (χ3n) is 5.78. The lowest BCUT2D eigenvalue weighted by atomic mass is 9.92. The van der Waals surface area contributed by atoms with Crippen LogP contribution in [0.15, 0.2) is 65.0 Å². The fourth-order valence-corrected chi connectivity index (χ4v) is 4.02. The molecule has 6 nitrogen and oxygen atoms in total. The Kier molecular flexibility index (Phi) is 8.22. The second-order valence-electron chi connectivity index (χ2n) is 8.02. The molecule has 33 heavy (non-hydrogen) atoms. The average molecular weight is 467 g/mol. The van der Waals surface area contributed by atoms with Gasteiger partial charge in [-0.1, -0.05) is 30.3 Å². The van der Waals surface area contributed by atoms with Crippen LogP contribution in [0, 0.1) is 6.92 Å². The van der Waals surface area contributed by atoms with Crippen LogP contribution < -0.4 is 15.8 Å². The van der Waals surface area contributed by atoms with Gasteiger partial charge in [-0.3, -0.25) is 4.79 Å². The van der Waals surface area contributed by atoms with Crippen molar-refractivity contribution in [2.45, 2.75) is 39.7 Å². The van der Waals surface area contributed by atoms with Gasteiger partial charge in [-0.25, -0.2) is 4.79 Å². The van der Waals surface area contributed by atoms with Gasteiger partial charge in [0.05, 0.1) is 18.4 Å². The number of esters is 1. The third-order valence-corrected chi connectivity index (χ3v) is 6.06. The van der Waals surface area contributed by atoms with E-state index in [0.29, 0.717) is 35.4 Å². The van der Waals surface area contributed by atoms with E-state index in [2.05, 4.69) is 17.9 Å². The van der Waals surface area contributed by atoms with Crippen molar-refractivity contribution in [2.75, 3.05) is 18.6 Å². The van der Waals surface area contributed by atoms with E-state index < -0.39 is 5.97 Å². The SMILES string of the molecule is COc1ccccc1CCC1=C(C(=O)CS)CC(C(=O)OCc2ccc(N)c(C)c2)=C(C)N1. The maximum atomic E-state index is 12.8. The summed E-state index contributed by atoms with van der Waals surface area (Å²) < 4.78 is 11.0. The lowest BCUT2D eigenvalue weighted by Gasteiger charge is -2.25. The Labute approximate surface area is 200 Å². The monoisotopic (exact) mass is 466 g/mol. The van der Waals surface area contributed by atoms with Gasteiger partial charge in [0.2, 0.25) is 0 Å². The van der Waals surface area contributed by atoms with E-state index >= 15 is 0 Å². The summed E-state index contributed by atoms with van der Waals surface area (Å²) in [6.07, 6.45) is 1.53. The Morgan fingerprint density at radius 1 is 1.09 bits per heavy atom. The highest BCUT2D eigenvalue weighted by Gasteiger charge is 2.27. The Morgan fingerprint density at radius 3 is 2.55 bits per heavy atom. The molecule has 0 aromatic heterocycles. The van der Waals surface area contributed by atoms with E-state index in [1.807, 2.05) is 50.2 Å². The van der Waals surface area contributed by atoms with Gasteiger partial charge in [-0.15, -0.1) is 0 Å². The standard InChI is InChI=1S/C26H30N2O4S/c1-16-12-18(8-10-22(16)27)14-32-26(30)20-13-21(24(29)15-33)23(28-17(20)2)11-9-19-6-4-5-7-25(19)31-3/h4-8,10,12,28,33H,9,11,13-15,27H2,1-3H3. The van der Waals surface area contributed by atoms with Crippen molar-refractivity contribution in [3.8, 4) is 5.75 Å². The first-order valence-corrected chi connectivity index (χ1v) is 11.4. The maximum absolute atomic E-state index is 12.8. The molecular formula is C26H30N2O4S. The first-order chi connectivity index (χ1) is 15.8. The highest BCUT2D eigenvalue weighted by molar-refractivity contribution is 7.81. The highest BCUT2D eigenvalue weighted by atomic mass is 32.1. The fraction of sp³-hybridized carbons (Fsp3) is 0.308. The number of carbonyl (C=O) groups is 2. The van der Waals surface area contributed by atoms with Crippen LogP contribution in [0.4, 0.5) is 5.69 Å². The number of hydrogen-bond acceptors (Lipinski definition) is 7. The molecule has 2 aromatic rings. The number of carbonyl (C=O) groups excluding carboxylic acids is 2. The molecule has 0 spiro atoms. The molecule has 0 saturated heterocycles. The molecule has 0 unspecified atom stereocenters. The summed E-state index contributed by atoms with van der Waals surface area (Å²) in [7, 11) is 1.64. The average Bonchev–Trinajstić information content (AvgIpc) is 2.82. The van der Waals surface area contributed by atoms with Crippen molar-refractivity contribution in [2.24, 2.45) is 0 Å². The lowest BCUT2D eigenvalue weighted by Crippen LogP contribution is -2.28. The number of rotatable bonds is 9.